The van der Waals surface area contributed by atoms with Crippen LogP contribution in [0, 0.1) is 11.7 Å². The highest BCUT2D eigenvalue weighted by Crippen LogP contribution is 2.27. The van der Waals surface area contributed by atoms with Crippen LogP contribution in [0.3, 0.4) is 0 Å². The molecule has 1 heterocycles. The van der Waals surface area contributed by atoms with Gasteiger partial charge in [0.15, 0.2) is 0 Å². The van der Waals surface area contributed by atoms with Crippen LogP contribution in [0.15, 0.2) is 18.2 Å². The third kappa shape index (κ3) is 3.25. The third-order valence-corrected chi connectivity index (χ3v) is 3.98. The van der Waals surface area contributed by atoms with E-state index in [0.717, 1.165) is 30.8 Å². The van der Waals surface area contributed by atoms with Gasteiger partial charge in [0.2, 0.25) is 0 Å². The summed E-state index contributed by atoms with van der Waals surface area (Å²) in [4.78, 5) is 4.53. The van der Waals surface area contributed by atoms with Crippen molar-refractivity contribution in [3.63, 3.8) is 0 Å². The first-order valence-electron chi connectivity index (χ1n) is 6.92. The molecule has 1 saturated heterocycles. The maximum absolute atomic E-state index is 13.7. The lowest BCUT2D eigenvalue weighted by atomic mass is 10.1. The second-order valence-electron chi connectivity index (χ2n) is 5.77. The summed E-state index contributed by atoms with van der Waals surface area (Å²) in [5.41, 5.74) is 7.53. The van der Waals surface area contributed by atoms with Crippen LogP contribution in [0.1, 0.15) is 12.5 Å². The largest absolute Gasteiger partial charge is 0.370 e. The van der Waals surface area contributed by atoms with Gasteiger partial charge < -0.3 is 15.5 Å². The zero-order valence-electron chi connectivity index (χ0n) is 12.1. The van der Waals surface area contributed by atoms with Crippen LogP contribution in [0.2, 0.25) is 0 Å². The molecule has 1 aromatic carbocycles. The fraction of sp³-hybridized carbons (Fsp3) is 0.600. The third-order valence-electron chi connectivity index (χ3n) is 3.98. The summed E-state index contributed by atoms with van der Waals surface area (Å²) in [6.45, 7) is 4.75. The summed E-state index contributed by atoms with van der Waals surface area (Å²) in [6.07, 6.45) is 0.727. The topological polar surface area (TPSA) is 32.5 Å². The Morgan fingerprint density at radius 2 is 2.05 bits per heavy atom. The molecule has 2 atom stereocenters. The standard InChI is InChI=1S/C15H24FN3/c1-11-9-19(10-15(11)18(2)3)14-7-12(4-5-17)6-13(16)8-14/h6-8,11,15H,4-5,9-10,17H2,1-3H3. The molecule has 1 aliphatic heterocycles. The summed E-state index contributed by atoms with van der Waals surface area (Å²) < 4.78 is 13.7. The SMILES string of the molecule is CC1CN(c2cc(F)cc(CCN)c2)CC1N(C)C. The molecule has 106 valence electrons. The van der Waals surface area contributed by atoms with Gasteiger partial charge in [0.25, 0.3) is 0 Å². The molecule has 0 spiro atoms. The second-order valence-corrected chi connectivity index (χ2v) is 5.77. The summed E-state index contributed by atoms with van der Waals surface area (Å²) in [7, 11) is 4.21. The lowest BCUT2D eigenvalue weighted by molar-refractivity contribution is 0.266. The zero-order chi connectivity index (χ0) is 14.0. The van der Waals surface area contributed by atoms with Crippen molar-refractivity contribution in [3.8, 4) is 0 Å². The molecule has 1 aliphatic rings. The van der Waals surface area contributed by atoms with Gasteiger partial charge in [0.1, 0.15) is 5.82 Å². The Morgan fingerprint density at radius 1 is 1.32 bits per heavy atom. The van der Waals surface area contributed by atoms with Gasteiger partial charge in [-0.15, -0.1) is 0 Å². The maximum Gasteiger partial charge on any atom is 0.125 e. The fourth-order valence-corrected chi connectivity index (χ4v) is 2.96. The van der Waals surface area contributed by atoms with E-state index in [1.807, 2.05) is 0 Å². The van der Waals surface area contributed by atoms with Crippen LogP contribution < -0.4 is 10.6 Å². The van der Waals surface area contributed by atoms with Crippen LogP contribution in [0.5, 0.6) is 0 Å². The zero-order valence-corrected chi connectivity index (χ0v) is 12.1. The molecular weight excluding hydrogens is 241 g/mol. The summed E-state index contributed by atoms with van der Waals surface area (Å²) in [6, 6.07) is 5.81. The molecule has 0 amide bonds. The number of nitrogens with two attached hydrogens (primary N) is 1. The summed E-state index contributed by atoms with van der Waals surface area (Å²) >= 11 is 0. The van der Waals surface area contributed by atoms with Crippen molar-refractivity contribution in [1.82, 2.24) is 4.90 Å². The minimum Gasteiger partial charge on any atom is -0.370 e. The molecule has 1 aromatic rings. The average molecular weight is 265 g/mol. The van der Waals surface area contributed by atoms with Gasteiger partial charge in [-0.1, -0.05) is 6.92 Å². The second kappa shape index (κ2) is 5.88. The molecule has 0 aliphatic carbocycles. The highest BCUT2D eigenvalue weighted by atomic mass is 19.1. The molecule has 2 unspecified atom stereocenters. The van der Waals surface area contributed by atoms with E-state index in [1.54, 1.807) is 12.1 Å². The molecule has 0 saturated carbocycles. The molecule has 3 nitrogen and oxygen atoms in total. The Kier molecular flexibility index (Phi) is 4.42. The minimum absolute atomic E-state index is 0.165. The Labute approximate surface area is 115 Å². The first kappa shape index (κ1) is 14.3. The van der Waals surface area contributed by atoms with Crippen molar-refractivity contribution >= 4 is 5.69 Å². The van der Waals surface area contributed by atoms with Crippen molar-refractivity contribution in [1.29, 1.82) is 0 Å². The molecule has 2 rings (SSSR count). The van der Waals surface area contributed by atoms with Crippen molar-refractivity contribution in [2.45, 2.75) is 19.4 Å². The van der Waals surface area contributed by atoms with Crippen LogP contribution >= 0.6 is 0 Å². The predicted molar refractivity (Wildman–Crippen MR) is 78.0 cm³/mol. The molecule has 2 N–H and O–H groups in total. The molecule has 1 fully saturated rings. The fourth-order valence-electron chi connectivity index (χ4n) is 2.96. The van der Waals surface area contributed by atoms with Crippen molar-refractivity contribution in [2.24, 2.45) is 11.7 Å². The summed E-state index contributed by atoms with van der Waals surface area (Å²) in [5.74, 6) is 0.429. The number of rotatable bonds is 4. The number of anilines is 1. The van der Waals surface area contributed by atoms with E-state index in [4.69, 9.17) is 5.73 Å². The van der Waals surface area contributed by atoms with Gasteiger partial charge in [-0.3, -0.25) is 0 Å². The van der Waals surface area contributed by atoms with Crippen molar-refractivity contribution in [2.75, 3.05) is 38.6 Å². The molecule has 4 heteroatoms. The summed E-state index contributed by atoms with van der Waals surface area (Å²) in [5, 5.41) is 0. The quantitative estimate of drug-likeness (QED) is 0.899. The first-order valence-corrected chi connectivity index (χ1v) is 6.92. The molecular formula is C15H24FN3. The Morgan fingerprint density at radius 3 is 2.63 bits per heavy atom. The normalized spacial score (nSPS) is 23.4. The number of hydrogen-bond acceptors (Lipinski definition) is 3. The van der Waals surface area contributed by atoms with Gasteiger partial charge >= 0.3 is 0 Å². The van der Waals surface area contributed by atoms with Gasteiger partial charge in [0.05, 0.1) is 0 Å². The maximum atomic E-state index is 13.7. The van der Waals surface area contributed by atoms with Crippen molar-refractivity contribution in [3.05, 3.63) is 29.6 Å². The first-order chi connectivity index (χ1) is 9.01. The number of nitrogens with zero attached hydrogens (tertiary/aromatic N) is 2. The van der Waals surface area contributed by atoms with E-state index in [9.17, 15) is 4.39 Å². The predicted octanol–water partition coefficient (Wildman–Crippen LogP) is 1.71. The Hall–Kier alpha value is -1.13. The van der Waals surface area contributed by atoms with Crippen LogP contribution in [0.25, 0.3) is 0 Å². The highest BCUT2D eigenvalue weighted by Gasteiger charge is 2.31. The highest BCUT2D eigenvalue weighted by molar-refractivity contribution is 5.50. The lowest BCUT2D eigenvalue weighted by Gasteiger charge is -2.23. The number of benzene rings is 1. The van der Waals surface area contributed by atoms with E-state index >= 15 is 0 Å². The minimum atomic E-state index is -0.165. The molecule has 19 heavy (non-hydrogen) atoms. The van der Waals surface area contributed by atoms with Crippen molar-refractivity contribution < 1.29 is 4.39 Å². The Balaban J connectivity index is 2.18. The van der Waals surface area contributed by atoms with Gasteiger partial charge in [-0.25, -0.2) is 4.39 Å². The van der Waals surface area contributed by atoms with E-state index in [-0.39, 0.29) is 5.82 Å². The molecule has 0 radical (unpaired) electrons. The van der Waals surface area contributed by atoms with Gasteiger partial charge in [0, 0.05) is 24.8 Å². The smallest absolute Gasteiger partial charge is 0.125 e. The van der Waals surface area contributed by atoms with Crippen LogP contribution in [-0.4, -0.2) is 44.7 Å². The number of likely N-dealkylation sites (N-methyl/N-ethyl adjacent to an activating group) is 1. The van der Waals surface area contributed by atoms with E-state index in [2.05, 4.69) is 36.9 Å². The van der Waals surface area contributed by atoms with Gasteiger partial charge in [-0.2, -0.15) is 0 Å². The monoisotopic (exact) mass is 265 g/mol. The average Bonchev–Trinajstić information content (AvgIpc) is 2.71. The number of hydrogen-bond donors (Lipinski definition) is 1. The Bertz CT molecular complexity index is 433. The van der Waals surface area contributed by atoms with E-state index < -0.39 is 0 Å². The number of halogens is 1. The molecule has 0 aromatic heterocycles. The lowest BCUT2D eigenvalue weighted by Crippen LogP contribution is -2.34. The van der Waals surface area contributed by atoms with E-state index in [1.165, 1.54) is 0 Å². The van der Waals surface area contributed by atoms with E-state index in [0.29, 0.717) is 18.5 Å². The van der Waals surface area contributed by atoms with Crippen LogP contribution in [0.4, 0.5) is 10.1 Å². The molecule has 0 bridgehead atoms. The van der Waals surface area contributed by atoms with Crippen LogP contribution in [-0.2, 0) is 6.42 Å². The van der Waals surface area contributed by atoms with Gasteiger partial charge in [-0.05, 0) is 56.7 Å².